The Hall–Kier alpha value is -2.83. The fourth-order valence-electron chi connectivity index (χ4n) is 2.67. The van der Waals surface area contributed by atoms with E-state index in [1.807, 2.05) is 24.3 Å². The Morgan fingerprint density at radius 1 is 0.917 bits per heavy atom. The summed E-state index contributed by atoms with van der Waals surface area (Å²) in [6.45, 7) is 2.86. The third-order valence-corrected chi connectivity index (χ3v) is 4.07. The predicted octanol–water partition coefficient (Wildman–Crippen LogP) is 1.46. The molecule has 1 aromatic carbocycles. The molecule has 0 spiro atoms. The van der Waals surface area contributed by atoms with Crippen LogP contribution in [0.15, 0.2) is 36.4 Å². The van der Waals surface area contributed by atoms with Gasteiger partial charge in [0.05, 0.1) is 14.2 Å². The third kappa shape index (κ3) is 3.40. The number of amides is 1. The lowest BCUT2D eigenvalue weighted by Crippen LogP contribution is -2.49. The van der Waals surface area contributed by atoms with Crippen molar-refractivity contribution in [3.8, 4) is 11.6 Å². The largest absolute Gasteiger partial charge is 0.497 e. The van der Waals surface area contributed by atoms with Crippen LogP contribution in [-0.2, 0) is 0 Å². The second-order valence-corrected chi connectivity index (χ2v) is 5.44. The molecule has 1 aliphatic rings. The van der Waals surface area contributed by atoms with Crippen LogP contribution in [0.2, 0.25) is 0 Å². The van der Waals surface area contributed by atoms with E-state index in [0.29, 0.717) is 24.7 Å². The first kappa shape index (κ1) is 16.0. The van der Waals surface area contributed by atoms with E-state index in [4.69, 9.17) is 9.47 Å². The third-order valence-electron chi connectivity index (χ3n) is 4.07. The standard InChI is InChI=1S/C17H20N4O3/c1-23-14-5-3-13(4-6-14)20-9-11-21(12-10-20)17(22)15-7-8-16(24-2)19-18-15/h3-8H,9-12H2,1-2H3. The fourth-order valence-corrected chi connectivity index (χ4v) is 2.67. The van der Waals surface area contributed by atoms with Gasteiger partial charge in [0, 0.05) is 37.9 Å². The zero-order valence-corrected chi connectivity index (χ0v) is 13.8. The van der Waals surface area contributed by atoms with Crippen molar-refractivity contribution in [2.24, 2.45) is 0 Å². The highest BCUT2D eigenvalue weighted by molar-refractivity contribution is 5.92. The molecule has 1 saturated heterocycles. The molecule has 3 rings (SSSR count). The number of carbonyl (C=O) groups excluding carboxylic acids is 1. The molecule has 2 aromatic rings. The predicted molar refractivity (Wildman–Crippen MR) is 89.7 cm³/mol. The summed E-state index contributed by atoms with van der Waals surface area (Å²) in [6, 6.07) is 11.2. The number of benzene rings is 1. The summed E-state index contributed by atoms with van der Waals surface area (Å²) in [5, 5.41) is 7.78. The number of aromatic nitrogens is 2. The minimum Gasteiger partial charge on any atom is -0.497 e. The minimum atomic E-state index is -0.0977. The number of hydrogen-bond donors (Lipinski definition) is 0. The zero-order chi connectivity index (χ0) is 16.9. The molecule has 0 bridgehead atoms. The van der Waals surface area contributed by atoms with Crippen LogP contribution in [-0.4, -0.2) is 61.4 Å². The first-order valence-corrected chi connectivity index (χ1v) is 7.77. The highest BCUT2D eigenvalue weighted by Crippen LogP contribution is 2.21. The summed E-state index contributed by atoms with van der Waals surface area (Å²) in [7, 11) is 3.17. The Kier molecular flexibility index (Phi) is 4.79. The summed E-state index contributed by atoms with van der Waals surface area (Å²) in [6.07, 6.45) is 0. The molecule has 7 nitrogen and oxygen atoms in total. The summed E-state index contributed by atoms with van der Waals surface area (Å²) >= 11 is 0. The maximum absolute atomic E-state index is 12.5. The molecule has 0 saturated carbocycles. The van der Waals surface area contributed by atoms with Crippen molar-refractivity contribution in [1.82, 2.24) is 15.1 Å². The van der Waals surface area contributed by atoms with E-state index in [-0.39, 0.29) is 5.91 Å². The van der Waals surface area contributed by atoms with Crippen LogP contribution in [0.25, 0.3) is 0 Å². The number of anilines is 1. The number of ether oxygens (including phenoxy) is 2. The van der Waals surface area contributed by atoms with Gasteiger partial charge in [0.15, 0.2) is 5.69 Å². The molecule has 1 fully saturated rings. The van der Waals surface area contributed by atoms with Crippen molar-refractivity contribution in [1.29, 1.82) is 0 Å². The average molecular weight is 328 g/mol. The topological polar surface area (TPSA) is 67.8 Å². The first-order valence-electron chi connectivity index (χ1n) is 7.77. The SMILES string of the molecule is COc1ccc(N2CCN(C(=O)c3ccc(OC)nn3)CC2)cc1. The molecule has 1 aliphatic heterocycles. The molecule has 2 heterocycles. The van der Waals surface area contributed by atoms with Gasteiger partial charge in [-0.15, -0.1) is 10.2 Å². The van der Waals surface area contributed by atoms with Crippen molar-refractivity contribution < 1.29 is 14.3 Å². The second-order valence-electron chi connectivity index (χ2n) is 5.44. The number of nitrogens with zero attached hydrogens (tertiary/aromatic N) is 4. The van der Waals surface area contributed by atoms with Crippen molar-refractivity contribution in [3.63, 3.8) is 0 Å². The van der Waals surface area contributed by atoms with Crippen LogP contribution in [0.4, 0.5) is 5.69 Å². The van der Waals surface area contributed by atoms with E-state index < -0.39 is 0 Å². The van der Waals surface area contributed by atoms with Gasteiger partial charge in [0.2, 0.25) is 5.88 Å². The molecule has 0 unspecified atom stereocenters. The van der Waals surface area contributed by atoms with Crippen LogP contribution in [0.5, 0.6) is 11.6 Å². The van der Waals surface area contributed by atoms with Crippen LogP contribution in [0.1, 0.15) is 10.5 Å². The monoisotopic (exact) mass is 328 g/mol. The van der Waals surface area contributed by atoms with Gasteiger partial charge in [-0.1, -0.05) is 0 Å². The van der Waals surface area contributed by atoms with Gasteiger partial charge < -0.3 is 19.3 Å². The van der Waals surface area contributed by atoms with Crippen molar-refractivity contribution in [2.45, 2.75) is 0 Å². The summed E-state index contributed by atoms with van der Waals surface area (Å²) in [5.41, 5.74) is 1.47. The molecule has 0 radical (unpaired) electrons. The van der Waals surface area contributed by atoms with E-state index in [9.17, 15) is 4.79 Å². The quantitative estimate of drug-likeness (QED) is 0.846. The van der Waals surface area contributed by atoms with Crippen LogP contribution < -0.4 is 14.4 Å². The van der Waals surface area contributed by atoms with Crippen LogP contribution in [0.3, 0.4) is 0 Å². The molecule has 1 amide bonds. The van der Waals surface area contributed by atoms with E-state index >= 15 is 0 Å². The van der Waals surface area contributed by atoms with Gasteiger partial charge in [0.25, 0.3) is 5.91 Å². The van der Waals surface area contributed by atoms with E-state index in [1.54, 1.807) is 24.1 Å². The van der Waals surface area contributed by atoms with Gasteiger partial charge >= 0.3 is 0 Å². The normalized spacial score (nSPS) is 14.4. The van der Waals surface area contributed by atoms with Crippen LogP contribution >= 0.6 is 0 Å². The summed E-state index contributed by atoms with van der Waals surface area (Å²) in [5.74, 6) is 1.14. The van der Waals surface area contributed by atoms with Crippen molar-refractivity contribution >= 4 is 11.6 Å². The van der Waals surface area contributed by atoms with Gasteiger partial charge in [-0.2, -0.15) is 0 Å². The Morgan fingerprint density at radius 2 is 1.62 bits per heavy atom. The Bertz CT molecular complexity index is 680. The number of rotatable bonds is 4. The van der Waals surface area contributed by atoms with Crippen LogP contribution in [0, 0.1) is 0 Å². The zero-order valence-electron chi connectivity index (χ0n) is 13.8. The molecular formula is C17H20N4O3. The number of methoxy groups -OCH3 is 2. The maximum atomic E-state index is 12.5. The Labute approximate surface area is 140 Å². The fraction of sp³-hybridized carbons (Fsp3) is 0.353. The molecule has 126 valence electrons. The van der Waals surface area contributed by atoms with E-state index in [2.05, 4.69) is 15.1 Å². The highest BCUT2D eigenvalue weighted by Gasteiger charge is 2.23. The summed E-state index contributed by atoms with van der Waals surface area (Å²) in [4.78, 5) is 16.5. The summed E-state index contributed by atoms with van der Waals surface area (Å²) < 4.78 is 10.1. The lowest BCUT2D eigenvalue weighted by atomic mass is 10.2. The second kappa shape index (κ2) is 7.16. The maximum Gasteiger partial charge on any atom is 0.274 e. The van der Waals surface area contributed by atoms with Gasteiger partial charge in [-0.25, -0.2) is 0 Å². The molecular weight excluding hydrogens is 308 g/mol. The Morgan fingerprint density at radius 3 is 2.17 bits per heavy atom. The average Bonchev–Trinajstić information content (AvgIpc) is 2.68. The molecule has 0 N–H and O–H groups in total. The molecule has 0 atom stereocenters. The van der Waals surface area contributed by atoms with Crippen molar-refractivity contribution in [2.75, 3.05) is 45.3 Å². The minimum absolute atomic E-state index is 0.0977. The van der Waals surface area contributed by atoms with Gasteiger partial charge in [-0.05, 0) is 30.3 Å². The van der Waals surface area contributed by atoms with Gasteiger partial charge in [-0.3, -0.25) is 4.79 Å². The lowest BCUT2D eigenvalue weighted by Gasteiger charge is -2.36. The number of hydrogen-bond acceptors (Lipinski definition) is 6. The van der Waals surface area contributed by atoms with Crippen molar-refractivity contribution in [3.05, 3.63) is 42.1 Å². The van der Waals surface area contributed by atoms with E-state index in [1.165, 1.54) is 7.11 Å². The molecule has 0 aliphatic carbocycles. The molecule has 1 aromatic heterocycles. The number of piperazine rings is 1. The Balaban J connectivity index is 1.60. The number of carbonyl (C=O) groups is 1. The van der Waals surface area contributed by atoms with Gasteiger partial charge in [0.1, 0.15) is 5.75 Å². The lowest BCUT2D eigenvalue weighted by molar-refractivity contribution is 0.0739. The van der Waals surface area contributed by atoms with E-state index in [0.717, 1.165) is 24.5 Å². The molecule has 24 heavy (non-hydrogen) atoms. The first-order chi connectivity index (χ1) is 11.7. The molecule has 7 heteroatoms. The highest BCUT2D eigenvalue weighted by atomic mass is 16.5. The smallest absolute Gasteiger partial charge is 0.274 e.